The molecule has 0 bridgehead atoms. The van der Waals surface area contributed by atoms with Gasteiger partial charge < -0.3 is 5.32 Å². The maximum absolute atomic E-state index is 12.1. The highest BCUT2D eigenvalue weighted by molar-refractivity contribution is 5.77. The molecule has 2 aromatic rings. The van der Waals surface area contributed by atoms with E-state index in [1.54, 1.807) is 6.20 Å². The summed E-state index contributed by atoms with van der Waals surface area (Å²) in [5.41, 5.74) is 2.12. The second-order valence-electron chi connectivity index (χ2n) is 5.80. The van der Waals surface area contributed by atoms with Gasteiger partial charge in [-0.2, -0.15) is 5.10 Å². The first-order valence-electron chi connectivity index (χ1n) is 7.78. The number of nitrogens with one attached hydrogen (secondary N) is 1. The number of allylic oxidation sites excluding steroid dienone is 2. The summed E-state index contributed by atoms with van der Waals surface area (Å²) in [6.07, 6.45) is 10.8. The van der Waals surface area contributed by atoms with E-state index in [0.29, 0.717) is 12.3 Å². The van der Waals surface area contributed by atoms with E-state index in [1.807, 2.05) is 48.1 Å². The van der Waals surface area contributed by atoms with Crippen LogP contribution in [0.1, 0.15) is 37.8 Å². The molecule has 4 heteroatoms. The summed E-state index contributed by atoms with van der Waals surface area (Å²) < 4.78 is 1.82. The Bertz CT molecular complexity index is 643. The maximum atomic E-state index is 12.1. The molecule has 1 amide bonds. The zero-order valence-corrected chi connectivity index (χ0v) is 12.8. The third kappa shape index (κ3) is 3.45. The van der Waals surface area contributed by atoms with Gasteiger partial charge in [0.15, 0.2) is 0 Å². The fourth-order valence-corrected chi connectivity index (χ4v) is 2.82. The molecule has 2 atom stereocenters. The Morgan fingerprint density at radius 1 is 1.41 bits per heavy atom. The number of carbonyl (C=O) groups is 1. The predicted octanol–water partition coefficient (Wildman–Crippen LogP) is 3.41. The van der Waals surface area contributed by atoms with Crippen molar-refractivity contribution >= 4 is 5.91 Å². The van der Waals surface area contributed by atoms with E-state index < -0.39 is 0 Å². The Labute approximate surface area is 130 Å². The van der Waals surface area contributed by atoms with Crippen molar-refractivity contribution in [2.24, 2.45) is 5.92 Å². The molecule has 4 nitrogen and oxygen atoms in total. The van der Waals surface area contributed by atoms with Crippen LogP contribution in [-0.2, 0) is 4.79 Å². The monoisotopic (exact) mass is 295 g/mol. The molecule has 114 valence electrons. The van der Waals surface area contributed by atoms with Crippen LogP contribution in [0.15, 0.2) is 54.9 Å². The summed E-state index contributed by atoms with van der Waals surface area (Å²) >= 11 is 0. The van der Waals surface area contributed by atoms with Crippen LogP contribution >= 0.6 is 0 Å². The molecular weight excluding hydrogens is 274 g/mol. The van der Waals surface area contributed by atoms with Crippen LogP contribution in [0.3, 0.4) is 0 Å². The molecule has 22 heavy (non-hydrogen) atoms. The van der Waals surface area contributed by atoms with Gasteiger partial charge in [0.25, 0.3) is 0 Å². The van der Waals surface area contributed by atoms with Crippen LogP contribution in [-0.4, -0.2) is 15.7 Å². The van der Waals surface area contributed by atoms with Crippen LogP contribution in [0.25, 0.3) is 5.69 Å². The van der Waals surface area contributed by atoms with Crippen molar-refractivity contribution in [2.45, 2.75) is 32.2 Å². The van der Waals surface area contributed by atoms with Crippen molar-refractivity contribution < 1.29 is 4.79 Å². The lowest BCUT2D eigenvalue weighted by atomic mass is 10.0. The fourth-order valence-electron chi connectivity index (χ4n) is 2.82. The second-order valence-corrected chi connectivity index (χ2v) is 5.80. The van der Waals surface area contributed by atoms with Crippen molar-refractivity contribution in [3.63, 3.8) is 0 Å². The molecule has 1 aliphatic carbocycles. The summed E-state index contributed by atoms with van der Waals surface area (Å²) in [7, 11) is 0. The first-order chi connectivity index (χ1) is 10.7. The number of benzene rings is 1. The topological polar surface area (TPSA) is 46.9 Å². The SMILES string of the molecule is CC(NC(=O)CC1C=CCC1)c1ccc(-n2cccn2)cc1. The molecule has 0 saturated carbocycles. The smallest absolute Gasteiger partial charge is 0.221 e. The summed E-state index contributed by atoms with van der Waals surface area (Å²) in [5, 5.41) is 7.29. The lowest BCUT2D eigenvalue weighted by Crippen LogP contribution is -2.27. The van der Waals surface area contributed by atoms with E-state index in [0.717, 1.165) is 24.1 Å². The van der Waals surface area contributed by atoms with E-state index in [2.05, 4.69) is 22.6 Å². The Morgan fingerprint density at radius 2 is 2.23 bits per heavy atom. The Morgan fingerprint density at radius 3 is 2.86 bits per heavy atom. The van der Waals surface area contributed by atoms with Crippen molar-refractivity contribution in [1.82, 2.24) is 15.1 Å². The summed E-state index contributed by atoms with van der Waals surface area (Å²) in [5.74, 6) is 0.537. The average molecular weight is 295 g/mol. The number of carbonyl (C=O) groups excluding carboxylic acids is 1. The van der Waals surface area contributed by atoms with Gasteiger partial charge in [-0.05, 0) is 49.4 Å². The molecule has 3 rings (SSSR count). The van der Waals surface area contributed by atoms with Gasteiger partial charge in [0.05, 0.1) is 11.7 Å². The molecule has 0 spiro atoms. The van der Waals surface area contributed by atoms with Crippen LogP contribution in [0, 0.1) is 5.92 Å². The third-order valence-corrected chi connectivity index (χ3v) is 4.10. The second kappa shape index (κ2) is 6.60. The number of rotatable bonds is 5. The first kappa shape index (κ1) is 14.6. The van der Waals surface area contributed by atoms with E-state index in [-0.39, 0.29) is 11.9 Å². The van der Waals surface area contributed by atoms with Gasteiger partial charge in [-0.3, -0.25) is 4.79 Å². The molecule has 0 saturated heterocycles. The highest BCUT2D eigenvalue weighted by atomic mass is 16.1. The molecule has 1 aromatic carbocycles. The Kier molecular flexibility index (Phi) is 4.37. The predicted molar refractivity (Wildman–Crippen MR) is 86.6 cm³/mol. The van der Waals surface area contributed by atoms with Crippen molar-refractivity contribution in [2.75, 3.05) is 0 Å². The van der Waals surface area contributed by atoms with Gasteiger partial charge in [-0.1, -0.05) is 24.3 Å². The summed E-state index contributed by atoms with van der Waals surface area (Å²) in [6, 6.07) is 10.0. The lowest BCUT2D eigenvalue weighted by Gasteiger charge is -2.16. The van der Waals surface area contributed by atoms with Gasteiger partial charge in [-0.25, -0.2) is 4.68 Å². The highest BCUT2D eigenvalue weighted by Gasteiger charge is 2.16. The zero-order valence-electron chi connectivity index (χ0n) is 12.8. The molecule has 1 heterocycles. The molecule has 0 aliphatic heterocycles. The molecule has 0 fully saturated rings. The largest absolute Gasteiger partial charge is 0.350 e. The summed E-state index contributed by atoms with van der Waals surface area (Å²) in [4.78, 5) is 12.1. The molecular formula is C18H21N3O. The minimum absolute atomic E-state index is 0.0181. The van der Waals surface area contributed by atoms with E-state index in [1.165, 1.54) is 0 Å². The van der Waals surface area contributed by atoms with E-state index in [9.17, 15) is 4.79 Å². The third-order valence-electron chi connectivity index (χ3n) is 4.10. The Hall–Kier alpha value is -2.36. The average Bonchev–Trinajstić information content (AvgIpc) is 3.20. The van der Waals surface area contributed by atoms with Crippen LogP contribution in [0.2, 0.25) is 0 Å². The maximum Gasteiger partial charge on any atom is 0.221 e. The van der Waals surface area contributed by atoms with Crippen LogP contribution in [0.4, 0.5) is 0 Å². The number of nitrogens with zero attached hydrogens (tertiary/aromatic N) is 2. The van der Waals surface area contributed by atoms with Gasteiger partial charge >= 0.3 is 0 Å². The highest BCUT2D eigenvalue weighted by Crippen LogP contribution is 2.21. The van der Waals surface area contributed by atoms with E-state index in [4.69, 9.17) is 0 Å². The Balaban J connectivity index is 1.58. The molecule has 1 N–H and O–H groups in total. The number of amides is 1. The number of aromatic nitrogens is 2. The minimum Gasteiger partial charge on any atom is -0.350 e. The number of hydrogen-bond acceptors (Lipinski definition) is 2. The van der Waals surface area contributed by atoms with E-state index >= 15 is 0 Å². The van der Waals surface area contributed by atoms with Crippen molar-refractivity contribution in [3.8, 4) is 5.69 Å². The normalized spacial score (nSPS) is 18.3. The standard InChI is InChI=1S/C18H21N3O/c1-14(20-18(22)13-15-5-2-3-6-15)16-7-9-17(10-8-16)21-12-4-11-19-21/h2,4-5,7-12,14-15H,3,6,13H2,1H3,(H,20,22). The van der Waals surface area contributed by atoms with Gasteiger partial charge in [0.2, 0.25) is 5.91 Å². The van der Waals surface area contributed by atoms with Crippen LogP contribution < -0.4 is 5.32 Å². The quantitative estimate of drug-likeness (QED) is 0.859. The zero-order chi connectivity index (χ0) is 15.4. The molecule has 1 aliphatic rings. The summed E-state index contributed by atoms with van der Waals surface area (Å²) in [6.45, 7) is 2.02. The molecule has 1 aromatic heterocycles. The van der Waals surface area contributed by atoms with Gasteiger partial charge in [-0.15, -0.1) is 0 Å². The molecule has 2 unspecified atom stereocenters. The van der Waals surface area contributed by atoms with Gasteiger partial charge in [0.1, 0.15) is 0 Å². The van der Waals surface area contributed by atoms with Crippen LogP contribution in [0.5, 0.6) is 0 Å². The fraction of sp³-hybridized carbons (Fsp3) is 0.333. The number of hydrogen-bond donors (Lipinski definition) is 1. The van der Waals surface area contributed by atoms with Crippen molar-refractivity contribution in [1.29, 1.82) is 0 Å². The van der Waals surface area contributed by atoms with Crippen molar-refractivity contribution in [3.05, 3.63) is 60.4 Å². The first-order valence-corrected chi connectivity index (χ1v) is 7.78. The lowest BCUT2D eigenvalue weighted by molar-refractivity contribution is -0.122. The molecule has 0 radical (unpaired) electrons. The minimum atomic E-state index is 0.0181. The van der Waals surface area contributed by atoms with Gasteiger partial charge in [0, 0.05) is 18.8 Å².